The van der Waals surface area contributed by atoms with Crippen LogP contribution in [-0.4, -0.2) is 20.0 Å². The van der Waals surface area contributed by atoms with Gasteiger partial charge in [0.25, 0.3) is 0 Å². The van der Waals surface area contributed by atoms with E-state index in [0.717, 1.165) is 16.4 Å². The van der Waals surface area contributed by atoms with Crippen molar-refractivity contribution in [1.82, 2.24) is 20.0 Å². The van der Waals surface area contributed by atoms with Crippen LogP contribution in [0.5, 0.6) is 0 Å². The Morgan fingerprint density at radius 3 is 3.00 bits per heavy atom. The molecular weight excluding hydrogens is 198 g/mol. The summed E-state index contributed by atoms with van der Waals surface area (Å²) >= 11 is 1.63. The molecule has 0 fully saturated rings. The minimum atomic E-state index is 0.427. The zero-order chi connectivity index (χ0) is 9.97. The molecule has 0 saturated heterocycles. The molecule has 0 amide bonds. The van der Waals surface area contributed by atoms with Crippen molar-refractivity contribution < 1.29 is 0 Å². The second kappa shape index (κ2) is 3.85. The summed E-state index contributed by atoms with van der Waals surface area (Å²) in [5.41, 5.74) is 7.28. The Morgan fingerprint density at radius 1 is 1.57 bits per heavy atom. The van der Waals surface area contributed by atoms with Crippen LogP contribution in [0.15, 0.2) is 11.6 Å². The van der Waals surface area contributed by atoms with Gasteiger partial charge in [0, 0.05) is 17.6 Å². The van der Waals surface area contributed by atoms with E-state index < -0.39 is 0 Å². The van der Waals surface area contributed by atoms with Gasteiger partial charge in [0.05, 0.1) is 18.4 Å². The van der Waals surface area contributed by atoms with Gasteiger partial charge in [0.15, 0.2) is 0 Å². The van der Waals surface area contributed by atoms with Crippen molar-refractivity contribution in [3.63, 3.8) is 0 Å². The van der Waals surface area contributed by atoms with Gasteiger partial charge in [-0.2, -0.15) is 0 Å². The minimum Gasteiger partial charge on any atom is -0.325 e. The lowest BCUT2D eigenvalue weighted by atomic mass is 10.5. The van der Waals surface area contributed by atoms with Crippen LogP contribution in [0.1, 0.15) is 16.4 Å². The molecule has 0 unspecified atom stereocenters. The molecule has 0 atom stereocenters. The first-order chi connectivity index (χ1) is 6.78. The molecule has 14 heavy (non-hydrogen) atoms. The smallest absolute Gasteiger partial charge is 0.114 e. The lowest BCUT2D eigenvalue weighted by Crippen LogP contribution is -2.00. The number of rotatable bonds is 3. The molecule has 5 nitrogen and oxygen atoms in total. The summed E-state index contributed by atoms with van der Waals surface area (Å²) in [5.74, 6) is 0. The lowest BCUT2D eigenvalue weighted by Gasteiger charge is -1.93. The van der Waals surface area contributed by atoms with Crippen LogP contribution >= 0.6 is 11.3 Å². The van der Waals surface area contributed by atoms with E-state index in [4.69, 9.17) is 5.73 Å². The highest BCUT2D eigenvalue weighted by molar-refractivity contribution is 7.09. The molecule has 0 aromatic carbocycles. The third kappa shape index (κ3) is 1.97. The molecule has 0 aliphatic carbocycles. The lowest BCUT2D eigenvalue weighted by molar-refractivity contribution is 0.646. The maximum Gasteiger partial charge on any atom is 0.114 e. The van der Waals surface area contributed by atoms with Gasteiger partial charge in [0.2, 0.25) is 0 Å². The quantitative estimate of drug-likeness (QED) is 0.801. The van der Waals surface area contributed by atoms with E-state index >= 15 is 0 Å². The van der Waals surface area contributed by atoms with Gasteiger partial charge in [-0.25, -0.2) is 9.67 Å². The van der Waals surface area contributed by atoms with Crippen molar-refractivity contribution in [1.29, 1.82) is 0 Å². The highest BCUT2D eigenvalue weighted by Crippen LogP contribution is 2.09. The van der Waals surface area contributed by atoms with Gasteiger partial charge in [0.1, 0.15) is 5.01 Å². The van der Waals surface area contributed by atoms with Crippen molar-refractivity contribution in [2.45, 2.75) is 20.0 Å². The van der Waals surface area contributed by atoms with Crippen LogP contribution in [0.2, 0.25) is 0 Å². The highest BCUT2D eigenvalue weighted by atomic mass is 32.1. The number of hydrogen-bond donors (Lipinski definition) is 1. The van der Waals surface area contributed by atoms with E-state index in [1.807, 2.05) is 18.5 Å². The normalized spacial score (nSPS) is 10.7. The van der Waals surface area contributed by atoms with Gasteiger partial charge in [-0.15, -0.1) is 16.4 Å². The molecular formula is C8H11N5S. The Balaban J connectivity index is 2.10. The molecule has 0 bridgehead atoms. The van der Waals surface area contributed by atoms with Crippen LogP contribution in [-0.2, 0) is 13.1 Å². The van der Waals surface area contributed by atoms with Crippen LogP contribution in [0.3, 0.4) is 0 Å². The standard InChI is InChI=1S/C8H11N5S/c1-6-5-14-8(10-6)4-13-3-7(2-9)11-12-13/h3,5H,2,4,9H2,1H3. The van der Waals surface area contributed by atoms with Crippen molar-refractivity contribution in [2.75, 3.05) is 0 Å². The van der Waals surface area contributed by atoms with Crippen LogP contribution in [0.25, 0.3) is 0 Å². The summed E-state index contributed by atoms with van der Waals surface area (Å²) in [5, 5.41) is 10.9. The zero-order valence-electron chi connectivity index (χ0n) is 7.84. The van der Waals surface area contributed by atoms with Crippen molar-refractivity contribution in [2.24, 2.45) is 5.73 Å². The Bertz CT molecular complexity index is 419. The zero-order valence-corrected chi connectivity index (χ0v) is 8.66. The van der Waals surface area contributed by atoms with Gasteiger partial charge in [-0.1, -0.05) is 5.21 Å². The summed E-state index contributed by atoms with van der Waals surface area (Å²) in [6.45, 7) is 3.08. The molecule has 0 radical (unpaired) electrons. The van der Waals surface area contributed by atoms with Crippen LogP contribution in [0, 0.1) is 6.92 Å². The Labute approximate surface area is 85.6 Å². The molecule has 2 heterocycles. The van der Waals surface area contributed by atoms with E-state index in [2.05, 4.69) is 15.3 Å². The molecule has 2 aromatic rings. The molecule has 6 heteroatoms. The van der Waals surface area contributed by atoms with Gasteiger partial charge >= 0.3 is 0 Å². The third-order valence-electron chi connectivity index (χ3n) is 1.76. The predicted molar refractivity (Wildman–Crippen MR) is 53.9 cm³/mol. The average molecular weight is 209 g/mol. The number of nitrogens with two attached hydrogens (primary N) is 1. The van der Waals surface area contributed by atoms with Crippen LogP contribution in [0.4, 0.5) is 0 Å². The second-order valence-corrected chi connectivity index (χ2v) is 3.94. The Hall–Kier alpha value is -1.27. The molecule has 0 spiro atoms. The van der Waals surface area contributed by atoms with Crippen molar-refractivity contribution in [3.8, 4) is 0 Å². The fraction of sp³-hybridized carbons (Fsp3) is 0.375. The molecule has 0 saturated carbocycles. The summed E-state index contributed by atoms with van der Waals surface area (Å²) in [4.78, 5) is 4.34. The van der Waals surface area contributed by atoms with Crippen molar-refractivity contribution in [3.05, 3.63) is 28.0 Å². The minimum absolute atomic E-state index is 0.427. The maximum atomic E-state index is 5.43. The molecule has 74 valence electrons. The second-order valence-electron chi connectivity index (χ2n) is 2.99. The topological polar surface area (TPSA) is 69.6 Å². The summed E-state index contributed by atoms with van der Waals surface area (Å²) in [6, 6.07) is 0. The van der Waals surface area contributed by atoms with E-state index in [1.54, 1.807) is 16.0 Å². The maximum absolute atomic E-state index is 5.43. The molecule has 2 aromatic heterocycles. The largest absolute Gasteiger partial charge is 0.325 e. The summed E-state index contributed by atoms with van der Waals surface area (Å²) < 4.78 is 1.75. The third-order valence-corrected chi connectivity index (χ3v) is 2.71. The summed E-state index contributed by atoms with van der Waals surface area (Å²) in [6.07, 6.45) is 1.84. The molecule has 2 N–H and O–H groups in total. The average Bonchev–Trinajstić information content (AvgIpc) is 2.76. The first kappa shape index (κ1) is 9.29. The van der Waals surface area contributed by atoms with E-state index in [0.29, 0.717) is 13.1 Å². The van der Waals surface area contributed by atoms with E-state index in [-0.39, 0.29) is 0 Å². The number of aryl methyl sites for hydroxylation is 1. The Kier molecular flexibility index (Phi) is 2.55. The number of aromatic nitrogens is 4. The summed E-state index contributed by atoms with van der Waals surface area (Å²) in [7, 11) is 0. The fourth-order valence-corrected chi connectivity index (χ4v) is 1.89. The van der Waals surface area contributed by atoms with E-state index in [9.17, 15) is 0 Å². The van der Waals surface area contributed by atoms with Crippen LogP contribution < -0.4 is 5.73 Å². The number of nitrogens with zero attached hydrogens (tertiary/aromatic N) is 4. The first-order valence-corrected chi connectivity index (χ1v) is 5.16. The number of hydrogen-bond acceptors (Lipinski definition) is 5. The van der Waals surface area contributed by atoms with Gasteiger partial charge in [-0.3, -0.25) is 0 Å². The van der Waals surface area contributed by atoms with Crippen molar-refractivity contribution >= 4 is 11.3 Å². The number of thiazole rings is 1. The molecule has 0 aliphatic rings. The molecule has 2 rings (SSSR count). The first-order valence-electron chi connectivity index (χ1n) is 4.28. The highest BCUT2D eigenvalue weighted by Gasteiger charge is 2.02. The monoisotopic (exact) mass is 209 g/mol. The van der Waals surface area contributed by atoms with Gasteiger partial charge in [-0.05, 0) is 6.92 Å². The Morgan fingerprint density at radius 2 is 2.43 bits per heavy atom. The fourth-order valence-electron chi connectivity index (χ4n) is 1.12. The SMILES string of the molecule is Cc1csc(Cn2cc(CN)nn2)n1. The molecule has 0 aliphatic heterocycles. The van der Waals surface area contributed by atoms with Gasteiger partial charge < -0.3 is 5.73 Å². The van der Waals surface area contributed by atoms with E-state index in [1.165, 1.54) is 0 Å². The predicted octanol–water partition coefficient (Wildman–Crippen LogP) is 0.550.